The van der Waals surface area contributed by atoms with Crippen molar-refractivity contribution in [3.05, 3.63) is 196 Å². The average molecular weight is 1210 g/mol. The molecule has 0 amide bonds. The van der Waals surface area contributed by atoms with Gasteiger partial charge in [-0.25, -0.2) is 15.0 Å². The molecule has 3 heterocycles. The number of fused-ring (bicyclic) bond motifs is 6. The normalized spacial score (nSPS) is 13.5. The van der Waals surface area contributed by atoms with Crippen molar-refractivity contribution >= 4 is 43.6 Å². The Morgan fingerprint density at radius 2 is 0.545 bits per heavy atom. The minimum atomic E-state index is -4.90. The van der Waals surface area contributed by atoms with Crippen molar-refractivity contribution in [1.29, 1.82) is 0 Å². The van der Waals surface area contributed by atoms with Crippen LogP contribution in [0.2, 0.25) is 0 Å². The lowest BCUT2D eigenvalue weighted by Gasteiger charge is -2.26. The first-order chi connectivity index (χ1) is 40.6. The van der Waals surface area contributed by atoms with Gasteiger partial charge >= 0.3 is 24.7 Å². The molecule has 5 nitrogen and oxygen atoms in total. The third-order valence-electron chi connectivity index (χ3n) is 16.3. The summed E-state index contributed by atoms with van der Waals surface area (Å²) < 4.78 is 178. The van der Waals surface area contributed by atoms with Gasteiger partial charge in [-0.3, -0.25) is 0 Å². The van der Waals surface area contributed by atoms with E-state index in [0.717, 1.165) is 70.8 Å². The number of halogens is 12. The van der Waals surface area contributed by atoms with Crippen molar-refractivity contribution in [1.82, 2.24) is 24.1 Å². The maximum atomic E-state index is 14.6. The quantitative estimate of drug-likeness (QED) is 0.156. The Morgan fingerprint density at radius 1 is 0.261 bits per heavy atom. The molecule has 0 atom stereocenters. The second-order valence-corrected chi connectivity index (χ2v) is 26.7. The molecule has 0 bridgehead atoms. The summed E-state index contributed by atoms with van der Waals surface area (Å²) >= 11 is 0. The lowest BCUT2D eigenvalue weighted by molar-refractivity contribution is -0.138. The molecular weight excluding hydrogens is 1150 g/mol. The molecule has 0 aliphatic heterocycles. The second kappa shape index (κ2) is 20.6. The lowest BCUT2D eigenvalue weighted by atomic mass is 9.79. The van der Waals surface area contributed by atoms with Crippen molar-refractivity contribution in [2.24, 2.45) is 0 Å². The van der Waals surface area contributed by atoms with Crippen LogP contribution in [0, 0.1) is 0 Å². The van der Waals surface area contributed by atoms with Crippen molar-refractivity contribution in [3.63, 3.8) is 0 Å². The molecule has 0 radical (unpaired) electrons. The van der Waals surface area contributed by atoms with Crippen LogP contribution in [-0.4, -0.2) is 24.1 Å². The van der Waals surface area contributed by atoms with E-state index in [0.29, 0.717) is 33.9 Å². The van der Waals surface area contributed by atoms with Crippen LogP contribution in [0.1, 0.15) is 128 Å². The molecule has 0 N–H and O–H groups in total. The Morgan fingerprint density at radius 3 is 0.841 bits per heavy atom. The van der Waals surface area contributed by atoms with Crippen molar-refractivity contribution in [2.75, 3.05) is 0 Å². The molecule has 0 aliphatic rings. The first-order valence-electron chi connectivity index (χ1n) is 28.4. The summed E-state index contributed by atoms with van der Waals surface area (Å²) in [4.78, 5) is 15.8. The van der Waals surface area contributed by atoms with Gasteiger partial charge in [0, 0.05) is 49.4 Å². The molecule has 0 fully saturated rings. The highest BCUT2D eigenvalue weighted by molar-refractivity contribution is 6.12. The zero-order valence-corrected chi connectivity index (χ0v) is 50.2. The van der Waals surface area contributed by atoms with Gasteiger partial charge in [0.05, 0.1) is 55.7 Å². The molecule has 11 rings (SSSR count). The number of hydrogen-bond acceptors (Lipinski definition) is 3. The molecule has 0 spiro atoms. The van der Waals surface area contributed by atoms with E-state index in [-0.39, 0.29) is 88.0 Å². The molecule has 3 aromatic heterocycles. The second-order valence-electron chi connectivity index (χ2n) is 26.7. The van der Waals surface area contributed by atoms with E-state index in [1.165, 1.54) is 28.8 Å². The Kier molecular flexibility index (Phi) is 14.3. The summed E-state index contributed by atoms with van der Waals surface area (Å²) in [5.41, 5.74) is 1.35. The molecule has 454 valence electrons. The van der Waals surface area contributed by atoms with E-state index in [4.69, 9.17) is 15.0 Å². The highest BCUT2D eigenvalue weighted by atomic mass is 19.4. The van der Waals surface area contributed by atoms with Crippen LogP contribution in [0.25, 0.3) is 100 Å². The van der Waals surface area contributed by atoms with Crippen LogP contribution in [0.4, 0.5) is 52.7 Å². The Labute approximate surface area is 500 Å². The largest absolute Gasteiger partial charge is 0.416 e. The summed E-state index contributed by atoms with van der Waals surface area (Å²) in [6.07, 6.45) is -19.6. The predicted octanol–water partition coefficient (Wildman–Crippen LogP) is 22.0. The minimum Gasteiger partial charge on any atom is -0.309 e. The Hall–Kier alpha value is -8.47. The van der Waals surface area contributed by atoms with Crippen LogP contribution in [0.3, 0.4) is 0 Å². The van der Waals surface area contributed by atoms with E-state index in [2.05, 4.69) is 95.2 Å². The van der Waals surface area contributed by atoms with Gasteiger partial charge in [-0.2, -0.15) is 52.7 Å². The fraction of sp³-hybridized carbons (Fsp3) is 0.282. The summed E-state index contributed by atoms with van der Waals surface area (Å²) in [6, 6.07) is 35.4. The SMILES string of the molecule is CC(C)(C)c1cc(-c2nc(-c3cc(C(C)(C)C)cc(C(C)(C)C)c3)nc(-c3ccc(-n4c5ccc(C(F)(F)F)cc5c5cc(C(F)(F)F)ccc54)c(-c4ccccc4-n4c5ccc(C(F)(F)F)cc5c5cc(C(F)(F)F)ccc54)c3)n2)cc(C(C)(C)C)c1. The zero-order chi connectivity index (χ0) is 64.0. The third kappa shape index (κ3) is 11.4. The highest BCUT2D eigenvalue weighted by Gasteiger charge is 2.37. The summed E-state index contributed by atoms with van der Waals surface area (Å²) in [5.74, 6) is 0.780. The highest BCUT2D eigenvalue weighted by Crippen LogP contribution is 2.47. The fourth-order valence-corrected chi connectivity index (χ4v) is 11.3. The monoisotopic (exact) mass is 1210 g/mol. The number of nitrogens with zero attached hydrogens (tertiary/aromatic N) is 5. The van der Waals surface area contributed by atoms with Crippen LogP contribution in [-0.2, 0) is 46.4 Å². The van der Waals surface area contributed by atoms with Gasteiger partial charge in [-0.05, 0) is 165 Å². The van der Waals surface area contributed by atoms with Crippen molar-refractivity contribution in [3.8, 4) is 56.7 Å². The molecular formula is C71H61F12N5. The molecule has 0 unspecified atom stereocenters. The molecule has 0 saturated carbocycles. The van der Waals surface area contributed by atoms with Crippen LogP contribution in [0.15, 0.2) is 152 Å². The van der Waals surface area contributed by atoms with E-state index in [9.17, 15) is 52.7 Å². The Bertz CT molecular complexity index is 4300. The number of para-hydroxylation sites is 1. The van der Waals surface area contributed by atoms with Gasteiger partial charge < -0.3 is 9.13 Å². The van der Waals surface area contributed by atoms with Gasteiger partial charge in [-0.1, -0.05) is 113 Å². The number of alkyl halides is 12. The number of hydrogen-bond donors (Lipinski definition) is 0. The number of rotatable bonds is 6. The smallest absolute Gasteiger partial charge is 0.309 e. The molecule has 0 saturated heterocycles. The number of aromatic nitrogens is 5. The van der Waals surface area contributed by atoms with Crippen molar-refractivity contribution < 1.29 is 52.7 Å². The standard InChI is InChI=1S/C71H61F12N5/c1-64(2,3)45-27-39(28-46(32-45)65(4,5)6)62-84-61(85-63(86-62)40-29-47(66(7,8)9)33-48(30-40)67(10,11)12)38-17-22-56(88-59-25-20-43(70(78,79)80)36-53(59)54-37-44(71(81,82)83)21-26-60(54)88)50(31-38)49-15-13-14-16-55(49)87-57-23-18-41(68(72,73)74)34-51(57)52-35-42(69(75,76)77)19-24-58(52)87/h13-37H,1-12H3. The van der Waals surface area contributed by atoms with Crippen LogP contribution >= 0.6 is 0 Å². The average Bonchev–Trinajstić information content (AvgIpc) is 1.65. The van der Waals surface area contributed by atoms with Crippen LogP contribution in [0.5, 0.6) is 0 Å². The fourth-order valence-electron chi connectivity index (χ4n) is 11.3. The summed E-state index contributed by atoms with van der Waals surface area (Å²) in [7, 11) is 0. The molecule has 8 aromatic carbocycles. The molecule has 0 aliphatic carbocycles. The first-order valence-corrected chi connectivity index (χ1v) is 28.4. The molecule has 11 aromatic rings. The van der Waals surface area contributed by atoms with Gasteiger partial charge in [0.2, 0.25) is 0 Å². The lowest BCUT2D eigenvalue weighted by Crippen LogP contribution is -2.17. The third-order valence-corrected chi connectivity index (χ3v) is 16.3. The van der Waals surface area contributed by atoms with Crippen molar-refractivity contribution in [2.45, 2.75) is 129 Å². The predicted molar refractivity (Wildman–Crippen MR) is 325 cm³/mol. The zero-order valence-electron chi connectivity index (χ0n) is 50.2. The summed E-state index contributed by atoms with van der Waals surface area (Å²) in [6.45, 7) is 25.3. The van der Waals surface area contributed by atoms with Gasteiger partial charge in [0.15, 0.2) is 17.5 Å². The van der Waals surface area contributed by atoms with Gasteiger partial charge in [0.25, 0.3) is 0 Å². The molecule has 17 heteroatoms. The maximum Gasteiger partial charge on any atom is 0.416 e. The van der Waals surface area contributed by atoms with Gasteiger partial charge in [0.1, 0.15) is 0 Å². The first kappa shape index (κ1) is 61.2. The van der Waals surface area contributed by atoms with E-state index in [1.54, 1.807) is 47.0 Å². The van der Waals surface area contributed by atoms with Crippen LogP contribution < -0.4 is 0 Å². The minimum absolute atomic E-state index is 0.0801. The summed E-state index contributed by atoms with van der Waals surface area (Å²) in [5, 5.41) is -0.616. The topological polar surface area (TPSA) is 48.5 Å². The van der Waals surface area contributed by atoms with E-state index in [1.807, 2.05) is 24.3 Å². The van der Waals surface area contributed by atoms with E-state index < -0.39 is 47.0 Å². The molecule has 88 heavy (non-hydrogen) atoms. The van der Waals surface area contributed by atoms with Gasteiger partial charge in [-0.15, -0.1) is 0 Å². The van der Waals surface area contributed by atoms with E-state index >= 15 is 0 Å². The maximum absolute atomic E-state index is 14.6. The Balaban J connectivity index is 1.28. The number of benzene rings is 8.